The Morgan fingerprint density at radius 1 is 1.10 bits per heavy atom. The highest BCUT2D eigenvalue weighted by Crippen LogP contribution is 2.30. The predicted octanol–water partition coefficient (Wildman–Crippen LogP) is 3.59. The van der Waals surface area contributed by atoms with Crippen LogP contribution < -0.4 is 5.32 Å². The van der Waals surface area contributed by atoms with Gasteiger partial charge in [0.15, 0.2) is 0 Å². The van der Waals surface area contributed by atoms with Crippen LogP contribution in [0.5, 0.6) is 0 Å². The fourth-order valence-corrected chi connectivity index (χ4v) is 2.65. The van der Waals surface area contributed by atoms with Crippen molar-refractivity contribution in [1.29, 1.82) is 0 Å². The molecule has 0 saturated carbocycles. The van der Waals surface area contributed by atoms with Crippen LogP contribution in [0.25, 0.3) is 10.8 Å². The van der Waals surface area contributed by atoms with Crippen molar-refractivity contribution >= 4 is 22.4 Å². The lowest BCUT2D eigenvalue weighted by atomic mass is 9.99. The van der Waals surface area contributed by atoms with Gasteiger partial charge >= 0.3 is 0 Å². The fourth-order valence-electron chi connectivity index (χ4n) is 2.42. The molecule has 0 fully saturated rings. The van der Waals surface area contributed by atoms with E-state index in [1.54, 1.807) is 6.20 Å². The molecule has 3 rings (SSSR count). The Labute approximate surface area is 122 Å². The number of nitrogens with zero attached hydrogens (tertiary/aromatic N) is 2. The second-order valence-electron chi connectivity index (χ2n) is 4.54. The van der Waals surface area contributed by atoms with Gasteiger partial charge in [0.25, 0.3) is 0 Å². The van der Waals surface area contributed by atoms with E-state index >= 15 is 0 Å². The van der Waals surface area contributed by atoms with Crippen molar-refractivity contribution < 1.29 is 0 Å². The zero-order valence-electron chi connectivity index (χ0n) is 11.0. The molecule has 2 heterocycles. The maximum atomic E-state index is 6.28. The van der Waals surface area contributed by atoms with Crippen molar-refractivity contribution in [2.45, 2.75) is 6.04 Å². The van der Waals surface area contributed by atoms with E-state index in [1.807, 2.05) is 43.7 Å². The van der Waals surface area contributed by atoms with E-state index in [2.05, 4.69) is 27.4 Å². The van der Waals surface area contributed by atoms with Crippen LogP contribution in [0, 0.1) is 0 Å². The minimum Gasteiger partial charge on any atom is -0.308 e. The number of pyridine rings is 2. The molecule has 0 amide bonds. The molecule has 0 aliphatic carbocycles. The minimum atomic E-state index is -0.0812. The van der Waals surface area contributed by atoms with E-state index < -0.39 is 0 Å². The number of rotatable bonds is 3. The first-order chi connectivity index (χ1) is 9.81. The van der Waals surface area contributed by atoms with Crippen molar-refractivity contribution in [2.75, 3.05) is 7.05 Å². The lowest BCUT2D eigenvalue weighted by Crippen LogP contribution is -2.19. The largest absolute Gasteiger partial charge is 0.308 e. The van der Waals surface area contributed by atoms with Crippen LogP contribution in [-0.2, 0) is 0 Å². The Morgan fingerprint density at radius 2 is 1.95 bits per heavy atom. The molecule has 0 aliphatic heterocycles. The van der Waals surface area contributed by atoms with Crippen LogP contribution in [0.2, 0.25) is 5.02 Å². The lowest BCUT2D eigenvalue weighted by Gasteiger charge is -2.18. The van der Waals surface area contributed by atoms with Gasteiger partial charge in [-0.25, -0.2) is 0 Å². The quantitative estimate of drug-likeness (QED) is 0.798. The van der Waals surface area contributed by atoms with Gasteiger partial charge in [0.2, 0.25) is 0 Å². The molecule has 3 nitrogen and oxygen atoms in total. The third-order valence-corrected chi connectivity index (χ3v) is 3.68. The minimum absolute atomic E-state index is 0.0812. The smallest absolute Gasteiger partial charge is 0.0805 e. The van der Waals surface area contributed by atoms with Crippen LogP contribution in [-0.4, -0.2) is 17.0 Å². The van der Waals surface area contributed by atoms with Crippen molar-refractivity contribution in [2.24, 2.45) is 0 Å². The summed E-state index contributed by atoms with van der Waals surface area (Å²) in [5, 5.41) is 6.20. The number of benzene rings is 1. The summed E-state index contributed by atoms with van der Waals surface area (Å²) >= 11 is 6.28. The Kier molecular flexibility index (Phi) is 3.63. The molecule has 3 aromatic rings. The predicted molar refractivity (Wildman–Crippen MR) is 81.9 cm³/mol. The van der Waals surface area contributed by atoms with Crippen LogP contribution in [0.1, 0.15) is 17.3 Å². The van der Waals surface area contributed by atoms with Gasteiger partial charge < -0.3 is 5.32 Å². The molecular weight excluding hydrogens is 270 g/mol. The second kappa shape index (κ2) is 5.57. The fraction of sp³-hybridized carbons (Fsp3) is 0.125. The maximum absolute atomic E-state index is 6.28. The summed E-state index contributed by atoms with van der Waals surface area (Å²) in [6, 6.07) is 11.8. The highest BCUT2D eigenvalue weighted by molar-refractivity contribution is 6.31. The van der Waals surface area contributed by atoms with Crippen molar-refractivity contribution in [3.8, 4) is 0 Å². The standard InChI is InChI=1S/C16H14ClN3/c1-18-15(16-14(17)7-4-8-20-16)13-10-19-9-11-5-2-3-6-12(11)13/h2-10,15,18H,1H3. The molecule has 0 spiro atoms. The number of fused-ring (bicyclic) bond motifs is 1. The first-order valence-corrected chi connectivity index (χ1v) is 6.79. The molecule has 0 bridgehead atoms. The zero-order chi connectivity index (χ0) is 13.9. The van der Waals surface area contributed by atoms with Crippen molar-refractivity contribution in [3.05, 3.63) is 71.3 Å². The van der Waals surface area contributed by atoms with Gasteiger partial charge in [-0.2, -0.15) is 0 Å². The van der Waals surface area contributed by atoms with E-state index in [0.29, 0.717) is 5.02 Å². The summed E-state index contributed by atoms with van der Waals surface area (Å²) in [5.41, 5.74) is 1.89. The third kappa shape index (κ3) is 2.26. The Morgan fingerprint density at radius 3 is 2.75 bits per heavy atom. The van der Waals surface area contributed by atoms with Crippen molar-refractivity contribution in [3.63, 3.8) is 0 Å². The average molecular weight is 284 g/mol. The molecule has 1 N–H and O–H groups in total. The van der Waals surface area contributed by atoms with Gasteiger partial charge in [0.05, 0.1) is 16.8 Å². The van der Waals surface area contributed by atoms with Gasteiger partial charge in [-0.05, 0) is 24.6 Å². The van der Waals surface area contributed by atoms with Gasteiger partial charge in [0.1, 0.15) is 0 Å². The Bertz CT molecular complexity index is 737. The van der Waals surface area contributed by atoms with Crippen LogP contribution in [0.3, 0.4) is 0 Å². The summed E-state index contributed by atoms with van der Waals surface area (Å²) in [5.74, 6) is 0. The molecule has 4 heteroatoms. The summed E-state index contributed by atoms with van der Waals surface area (Å²) < 4.78 is 0. The van der Waals surface area contributed by atoms with Gasteiger partial charge in [-0.3, -0.25) is 9.97 Å². The summed E-state index contributed by atoms with van der Waals surface area (Å²) in [6.45, 7) is 0. The van der Waals surface area contributed by atoms with Gasteiger partial charge in [-0.1, -0.05) is 35.9 Å². The number of hydrogen-bond acceptors (Lipinski definition) is 3. The monoisotopic (exact) mass is 283 g/mol. The summed E-state index contributed by atoms with van der Waals surface area (Å²) in [7, 11) is 1.90. The van der Waals surface area contributed by atoms with Gasteiger partial charge in [-0.15, -0.1) is 0 Å². The topological polar surface area (TPSA) is 37.8 Å². The molecule has 0 radical (unpaired) electrons. The summed E-state index contributed by atoms with van der Waals surface area (Å²) in [4.78, 5) is 8.74. The molecule has 0 saturated heterocycles. The first-order valence-electron chi connectivity index (χ1n) is 6.41. The number of halogens is 1. The van der Waals surface area contributed by atoms with Gasteiger partial charge in [0, 0.05) is 29.5 Å². The molecule has 20 heavy (non-hydrogen) atoms. The van der Waals surface area contributed by atoms with E-state index in [-0.39, 0.29) is 6.04 Å². The van der Waals surface area contributed by atoms with Crippen LogP contribution >= 0.6 is 11.6 Å². The van der Waals surface area contributed by atoms with E-state index in [9.17, 15) is 0 Å². The highest BCUT2D eigenvalue weighted by atomic mass is 35.5. The summed E-state index contributed by atoms with van der Waals surface area (Å²) in [6.07, 6.45) is 5.49. The van der Waals surface area contributed by atoms with Crippen LogP contribution in [0.15, 0.2) is 55.0 Å². The number of hydrogen-bond donors (Lipinski definition) is 1. The normalized spacial score (nSPS) is 12.5. The SMILES string of the molecule is CNC(c1ncccc1Cl)c1cncc2ccccc12. The Balaban J connectivity index is 2.20. The van der Waals surface area contributed by atoms with E-state index in [0.717, 1.165) is 22.0 Å². The molecular formula is C16H14ClN3. The maximum Gasteiger partial charge on any atom is 0.0805 e. The first kappa shape index (κ1) is 13.0. The molecule has 1 unspecified atom stereocenters. The van der Waals surface area contributed by atoms with E-state index in [1.165, 1.54) is 0 Å². The zero-order valence-corrected chi connectivity index (χ0v) is 11.8. The van der Waals surface area contributed by atoms with Crippen LogP contribution in [0.4, 0.5) is 0 Å². The molecule has 2 aromatic heterocycles. The average Bonchev–Trinajstić information content (AvgIpc) is 2.50. The Hall–Kier alpha value is -1.97. The molecule has 100 valence electrons. The highest BCUT2D eigenvalue weighted by Gasteiger charge is 2.18. The van der Waals surface area contributed by atoms with E-state index in [4.69, 9.17) is 11.6 Å². The second-order valence-corrected chi connectivity index (χ2v) is 4.95. The lowest BCUT2D eigenvalue weighted by molar-refractivity contribution is 0.673. The number of aromatic nitrogens is 2. The third-order valence-electron chi connectivity index (χ3n) is 3.36. The molecule has 0 aliphatic rings. The molecule has 1 atom stereocenters. The molecule has 1 aromatic carbocycles. The van der Waals surface area contributed by atoms with Crippen molar-refractivity contribution in [1.82, 2.24) is 15.3 Å². The number of nitrogens with one attached hydrogen (secondary N) is 1.